The van der Waals surface area contributed by atoms with Crippen LogP contribution in [0.1, 0.15) is 28.8 Å². The summed E-state index contributed by atoms with van der Waals surface area (Å²) in [7, 11) is 1.28. The summed E-state index contributed by atoms with van der Waals surface area (Å²) in [6, 6.07) is 4.71. The highest BCUT2D eigenvalue weighted by Crippen LogP contribution is 2.23. The van der Waals surface area contributed by atoms with Crippen molar-refractivity contribution >= 4 is 11.7 Å². The predicted molar refractivity (Wildman–Crippen MR) is 64.3 cm³/mol. The third-order valence-corrected chi connectivity index (χ3v) is 2.86. The van der Waals surface area contributed by atoms with Gasteiger partial charge in [0, 0.05) is 24.2 Å². The standard InChI is InChI=1S/C12H14N2O4/c1-18-12(15)8-2-5-11(14(16)17)9(6-8)7-13-10-3-4-10/h2,5-6,10,13H,3-4,7H2,1H3. The molecule has 1 saturated carbocycles. The van der Waals surface area contributed by atoms with E-state index in [9.17, 15) is 14.9 Å². The molecule has 2 rings (SSSR count). The van der Waals surface area contributed by atoms with E-state index in [1.54, 1.807) is 0 Å². The van der Waals surface area contributed by atoms with E-state index in [2.05, 4.69) is 10.1 Å². The van der Waals surface area contributed by atoms with Gasteiger partial charge in [-0.1, -0.05) is 0 Å². The Kier molecular flexibility index (Phi) is 3.57. The highest BCUT2D eigenvalue weighted by Gasteiger charge is 2.23. The monoisotopic (exact) mass is 250 g/mol. The molecule has 0 spiro atoms. The number of esters is 1. The zero-order valence-corrected chi connectivity index (χ0v) is 10.0. The molecule has 0 bridgehead atoms. The fraction of sp³-hybridized carbons (Fsp3) is 0.417. The highest BCUT2D eigenvalue weighted by molar-refractivity contribution is 5.89. The van der Waals surface area contributed by atoms with Gasteiger partial charge in [0.1, 0.15) is 0 Å². The number of ether oxygens (including phenoxy) is 1. The number of hydrogen-bond acceptors (Lipinski definition) is 5. The average Bonchev–Trinajstić information content (AvgIpc) is 3.18. The molecule has 0 heterocycles. The Hall–Kier alpha value is -1.95. The molecule has 18 heavy (non-hydrogen) atoms. The lowest BCUT2D eigenvalue weighted by atomic mass is 10.1. The van der Waals surface area contributed by atoms with E-state index in [1.165, 1.54) is 25.3 Å². The van der Waals surface area contributed by atoms with Crippen molar-refractivity contribution in [1.29, 1.82) is 0 Å². The summed E-state index contributed by atoms with van der Waals surface area (Å²) in [5.74, 6) is -0.488. The van der Waals surface area contributed by atoms with E-state index in [-0.39, 0.29) is 5.69 Å². The van der Waals surface area contributed by atoms with Gasteiger partial charge in [-0.25, -0.2) is 4.79 Å². The van der Waals surface area contributed by atoms with Gasteiger partial charge in [0.05, 0.1) is 17.6 Å². The molecule has 0 radical (unpaired) electrons. The van der Waals surface area contributed by atoms with Crippen LogP contribution in [0.25, 0.3) is 0 Å². The summed E-state index contributed by atoms with van der Waals surface area (Å²) < 4.78 is 4.60. The molecule has 0 amide bonds. The third-order valence-electron chi connectivity index (χ3n) is 2.86. The van der Waals surface area contributed by atoms with Gasteiger partial charge in [-0.15, -0.1) is 0 Å². The van der Waals surface area contributed by atoms with E-state index in [1.807, 2.05) is 0 Å². The molecule has 1 N–H and O–H groups in total. The van der Waals surface area contributed by atoms with Crippen LogP contribution in [-0.2, 0) is 11.3 Å². The number of methoxy groups -OCH3 is 1. The highest BCUT2D eigenvalue weighted by atomic mass is 16.6. The molecule has 1 fully saturated rings. The number of nitro groups is 1. The third kappa shape index (κ3) is 2.84. The summed E-state index contributed by atoms with van der Waals surface area (Å²) in [5.41, 5.74) is 0.862. The van der Waals surface area contributed by atoms with Gasteiger partial charge in [-0.05, 0) is 25.0 Å². The largest absolute Gasteiger partial charge is 0.465 e. The lowest BCUT2D eigenvalue weighted by molar-refractivity contribution is -0.385. The fourth-order valence-electron chi connectivity index (χ4n) is 1.69. The molecule has 1 aliphatic rings. The van der Waals surface area contributed by atoms with Crippen LogP contribution in [-0.4, -0.2) is 24.0 Å². The van der Waals surface area contributed by atoms with Gasteiger partial charge in [0.25, 0.3) is 5.69 Å². The number of hydrogen-bond donors (Lipinski definition) is 1. The molecule has 1 aromatic carbocycles. The molecular formula is C12H14N2O4. The van der Waals surface area contributed by atoms with Gasteiger partial charge in [-0.2, -0.15) is 0 Å². The zero-order chi connectivity index (χ0) is 13.1. The molecule has 0 atom stereocenters. The normalized spacial score (nSPS) is 14.3. The maximum Gasteiger partial charge on any atom is 0.337 e. The van der Waals surface area contributed by atoms with Crippen LogP contribution in [0.3, 0.4) is 0 Å². The van der Waals surface area contributed by atoms with Crippen molar-refractivity contribution in [3.05, 3.63) is 39.4 Å². The Bertz CT molecular complexity index is 483. The summed E-state index contributed by atoms with van der Waals surface area (Å²) in [4.78, 5) is 21.8. The SMILES string of the molecule is COC(=O)c1ccc([N+](=O)[O-])c(CNC2CC2)c1. The quantitative estimate of drug-likeness (QED) is 0.488. The topological polar surface area (TPSA) is 81.5 Å². The van der Waals surface area contributed by atoms with Crippen molar-refractivity contribution in [3.63, 3.8) is 0 Å². The Balaban J connectivity index is 2.24. The molecule has 1 aliphatic carbocycles. The maximum absolute atomic E-state index is 11.4. The van der Waals surface area contributed by atoms with E-state index in [4.69, 9.17) is 0 Å². The second-order valence-corrected chi connectivity index (χ2v) is 4.25. The van der Waals surface area contributed by atoms with Crippen molar-refractivity contribution in [1.82, 2.24) is 5.32 Å². The first kappa shape index (κ1) is 12.5. The minimum absolute atomic E-state index is 0.0239. The smallest absolute Gasteiger partial charge is 0.337 e. The van der Waals surface area contributed by atoms with E-state index in [0.717, 1.165) is 12.8 Å². The molecule has 0 aromatic heterocycles. The van der Waals surface area contributed by atoms with Crippen LogP contribution >= 0.6 is 0 Å². The summed E-state index contributed by atoms with van der Waals surface area (Å²) in [5, 5.41) is 14.1. The molecule has 0 saturated heterocycles. The van der Waals surface area contributed by atoms with Crippen molar-refractivity contribution in [2.45, 2.75) is 25.4 Å². The van der Waals surface area contributed by atoms with E-state index < -0.39 is 10.9 Å². The van der Waals surface area contributed by atoms with Gasteiger partial charge >= 0.3 is 5.97 Å². The van der Waals surface area contributed by atoms with Gasteiger partial charge in [-0.3, -0.25) is 10.1 Å². The van der Waals surface area contributed by atoms with Crippen LogP contribution in [0.2, 0.25) is 0 Å². The van der Waals surface area contributed by atoms with Crippen molar-refractivity contribution in [2.24, 2.45) is 0 Å². The number of carbonyl (C=O) groups is 1. The first-order chi connectivity index (χ1) is 8.61. The number of nitrogens with one attached hydrogen (secondary N) is 1. The predicted octanol–water partition coefficient (Wildman–Crippen LogP) is 1.63. The Morgan fingerprint density at radius 2 is 2.28 bits per heavy atom. The number of nitrogens with zero attached hydrogens (tertiary/aromatic N) is 1. The lowest BCUT2D eigenvalue weighted by Crippen LogP contribution is -2.17. The number of rotatable bonds is 5. The van der Waals surface area contributed by atoms with Crippen LogP contribution < -0.4 is 5.32 Å². The van der Waals surface area contributed by atoms with E-state index >= 15 is 0 Å². The van der Waals surface area contributed by atoms with Crippen LogP contribution in [0.5, 0.6) is 0 Å². The van der Waals surface area contributed by atoms with Gasteiger partial charge in [0.2, 0.25) is 0 Å². The first-order valence-corrected chi connectivity index (χ1v) is 5.71. The van der Waals surface area contributed by atoms with Gasteiger partial charge in [0.15, 0.2) is 0 Å². The summed E-state index contributed by atoms with van der Waals surface area (Å²) >= 11 is 0. The summed E-state index contributed by atoms with van der Waals surface area (Å²) in [6.45, 7) is 0.395. The van der Waals surface area contributed by atoms with Crippen LogP contribution in [0.15, 0.2) is 18.2 Å². The minimum atomic E-state index is -0.488. The van der Waals surface area contributed by atoms with Crippen LogP contribution in [0, 0.1) is 10.1 Å². The van der Waals surface area contributed by atoms with Gasteiger partial charge < -0.3 is 10.1 Å². The lowest BCUT2D eigenvalue weighted by Gasteiger charge is -2.06. The number of benzene rings is 1. The number of carbonyl (C=O) groups excluding carboxylic acids is 1. The fourth-order valence-corrected chi connectivity index (χ4v) is 1.69. The second-order valence-electron chi connectivity index (χ2n) is 4.25. The van der Waals surface area contributed by atoms with Crippen molar-refractivity contribution in [3.8, 4) is 0 Å². The molecule has 0 unspecified atom stereocenters. The molecular weight excluding hydrogens is 236 g/mol. The van der Waals surface area contributed by atoms with Crippen molar-refractivity contribution < 1.29 is 14.5 Å². The molecule has 6 heteroatoms. The molecule has 6 nitrogen and oxygen atoms in total. The molecule has 0 aliphatic heterocycles. The summed E-state index contributed by atoms with van der Waals surface area (Å²) in [6.07, 6.45) is 2.20. The minimum Gasteiger partial charge on any atom is -0.465 e. The Morgan fingerprint density at radius 1 is 1.56 bits per heavy atom. The van der Waals surface area contributed by atoms with Crippen molar-refractivity contribution in [2.75, 3.05) is 7.11 Å². The Morgan fingerprint density at radius 3 is 2.83 bits per heavy atom. The molecule has 96 valence electrons. The maximum atomic E-state index is 11.4. The number of nitro benzene ring substituents is 1. The average molecular weight is 250 g/mol. The Labute approximate surface area is 104 Å². The molecule has 1 aromatic rings. The zero-order valence-electron chi connectivity index (χ0n) is 10.0. The first-order valence-electron chi connectivity index (χ1n) is 5.71. The van der Waals surface area contributed by atoms with E-state index in [0.29, 0.717) is 23.7 Å². The van der Waals surface area contributed by atoms with Crippen LogP contribution in [0.4, 0.5) is 5.69 Å². The second kappa shape index (κ2) is 5.14.